The summed E-state index contributed by atoms with van der Waals surface area (Å²) < 4.78 is 16.7. The molecule has 2 aromatic carbocycles. The highest BCUT2D eigenvalue weighted by molar-refractivity contribution is 5.59. The molecule has 44 heavy (non-hydrogen) atoms. The first-order chi connectivity index (χ1) is 21.5. The van der Waals surface area contributed by atoms with Gasteiger partial charge in [0.05, 0.1) is 0 Å². The molecule has 4 rings (SSSR count). The Labute approximate surface area is 260 Å². The topological polar surface area (TPSA) is 115 Å². The molecule has 0 saturated carbocycles. The average molecular weight is 602 g/mol. The normalized spacial score (nSPS) is 11.2. The van der Waals surface area contributed by atoms with E-state index in [0.717, 1.165) is 29.8 Å². The smallest absolute Gasteiger partial charge is 0.234 e. The number of nitrogens with zero attached hydrogens (tertiary/aromatic N) is 9. The maximum Gasteiger partial charge on any atom is 0.234 e. The predicted octanol–water partition coefficient (Wildman–Crippen LogP) is 5.20. The van der Waals surface area contributed by atoms with Crippen LogP contribution in [-0.2, 0) is 14.2 Å². The van der Waals surface area contributed by atoms with Gasteiger partial charge in [0.2, 0.25) is 17.8 Å². The van der Waals surface area contributed by atoms with Crippen molar-refractivity contribution in [2.45, 2.75) is 39.5 Å². The monoisotopic (exact) mass is 601 g/mol. The molecule has 4 aromatic rings. The molecular weight excluding hydrogens is 558 g/mol. The van der Waals surface area contributed by atoms with Gasteiger partial charge in [-0.2, -0.15) is 24.9 Å². The van der Waals surface area contributed by atoms with Crippen LogP contribution in [0, 0.1) is 0 Å². The summed E-state index contributed by atoms with van der Waals surface area (Å²) >= 11 is 0. The predicted molar refractivity (Wildman–Crippen MR) is 172 cm³/mol. The van der Waals surface area contributed by atoms with Gasteiger partial charge in [0.15, 0.2) is 11.6 Å². The molecule has 2 aromatic heterocycles. The summed E-state index contributed by atoms with van der Waals surface area (Å²) in [7, 11) is 4.93. The number of hydrogen-bond donors (Lipinski definition) is 0. The molecule has 0 bridgehead atoms. The fraction of sp³-hybridized carbons (Fsp3) is 0.438. The highest BCUT2D eigenvalue weighted by Gasteiger charge is 2.23. The molecule has 0 fully saturated rings. The summed E-state index contributed by atoms with van der Waals surface area (Å²) in [5, 5.41) is 0. The molecule has 0 N–H and O–H groups in total. The fourth-order valence-electron chi connectivity index (χ4n) is 4.72. The third kappa shape index (κ3) is 8.22. The number of benzene rings is 2. The van der Waals surface area contributed by atoms with Gasteiger partial charge in [-0.15, -0.1) is 0 Å². The Hall–Kier alpha value is -4.26. The van der Waals surface area contributed by atoms with Crippen LogP contribution in [0.15, 0.2) is 60.7 Å². The Morgan fingerprint density at radius 1 is 0.545 bits per heavy atom. The Morgan fingerprint density at radius 2 is 0.977 bits per heavy atom. The van der Waals surface area contributed by atoms with E-state index in [9.17, 15) is 0 Å². The summed E-state index contributed by atoms with van der Waals surface area (Å²) in [4.78, 5) is 35.0. The molecule has 12 heteroatoms. The van der Waals surface area contributed by atoms with Crippen molar-refractivity contribution in [1.82, 2.24) is 29.9 Å². The van der Waals surface area contributed by atoms with E-state index in [2.05, 4.69) is 13.8 Å². The molecule has 0 unspecified atom stereocenters. The van der Waals surface area contributed by atoms with Crippen LogP contribution in [-0.4, -0.2) is 84.6 Å². The molecule has 0 saturated heterocycles. The van der Waals surface area contributed by atoms with E-state index in [1.54, 1.807) is 21.3 Å². The van der Waals surface area contributed by atoms with E-state index in [1.165, 1.54) is 0 Å². The van der Waals surface area contributed by atoms with E-state index in [4.69, 9.17) is 44.1 Å². The summed E-state index contributed by atoms with van der Waals surface area (Å²) in [5.41, 5.74) is 1.79. The lowest BCUT2D eigenvalue weighted by molar-refractivity contribution is 0.178. The van der Waals surface area contributed by atoms with Gasteiger partial charge in [-0.05, 0) is 19.8 Å². The number of hydrogen-bond acceptors (Lipinski definition) is 12. The molecule has 234 valence electrons. The van der Waals surface area contributed by atoms with Gasteiger partial charge in [-0.25, -0.2) is 4.98 Å². The van der Waals surface area contributed by atoms with E-state index in [-0.39, 0.29) is 26.0 Å². The molecule has 0 aliphatic rings. The van der Waals surface area contributed by atoms with Crippen LogP contribution in [0.2, 0.25) is 0 Å². The van der Waals surface area contributed by atoms with Gasteiger partial charge in [-0.3, -0.25) is 9.80 Å². The molecule has 0 aliphatic heterocycles. The molecule has 0 radical (unpaired) electrons. The second-order valence-electron chi connectivity index (χ2n) is 10.2. The molecule has 0 atom stereocenters. The summed E-state index contributed by atoms with van der Waals surface area (Å²) in [6.07, 6.45) is 1.83. The van der Waals surface area contributed by atoms with Crippen molar-refractivity contribution in [3.05, 3.63) is 66.5 Å². The number of aromatic nitrogens is 6. The Bertz CT molecular complexity index is 1430. The first kappa shape index (κ1) is 32.6. The first-order valence-electron chi connectivity index (χ1n) is 14.9. The van der Waals surface area contributed by atoms with Crippen molar-refractivity contribution in [2.75, 3.05) is 69.4 Å². The fourth-order valence-corrected chi connectivity index (χ4v) is 4.72. The van der Waals surface area contributed by atoms with Crippen molar-refractivity contribution in [1.29, 1.82) is 0 Å². The summed E-state index contributed by atoms with van der Waals surface area (Å²) in [6.45, 7) is 8.01. The van der Waals surface area contributed by atoms with Crippen LogP contribution in [0.4, 0.5) is 17.8 Å². The van der Waals surface area contributed by atoms with Crippen LogP contribution >= 0.6 is 0 Å². The first-order valence-corrected chi connectivity index (χ1v) is 14.9. The second-order valence-corrected chi connectivity index (χ2v) is 10.2. The molecule has 12 nitrogen and oxygen atoms in total. The van der Waals surface area contributed by atoms with Crippen LogP contribution in [0.3, 0.4) is 0 Å². The summed E-state index contributed by atoms with van der Waals surface area (Å²) in [5.74, 6) is 3.54. The lowest BCUT2D eigenvalue weighted by Crippen LogP contribution is -2.42. The number of anilines is 3. The average Bonchev–Trinajstić information content (AvgIpc) is 3.07. The van der Waals surface area contributed by atoms with E-state index in [1.807, 2.05) is 82.3 Å². The van der Waals surface area contributed by atoms with E-state index < -0.39 is 0 Å². The molecular formula is C32H43N9O3. The quantitative estimate of drug-likeness (QED) is 0.148. The van der Waals surface area contributed by atoms with Crippen molar-refractivity contribution in [3.8, 4) is 22.8 Å². The van der Waals surface area contributed by atoms with Crippen molar-refractivity contribution >= 4 is 17.8 Å². The zero-order valence-corrected chi connectivity index (χ0v) is 26.6. The van der Waals surface area contributed by atoms with Gasteiger partial charge in [0, 0.05) is 44.9 Å². The molecule has 0 aliphatic carbocycles. The maximum atomic E-state index is 5.66. The maximum absolute atomic E-state index is 5.66. The number of ether oxygens (including phenoxy) is 3. The lowest BCUT2D eigenvalue weighted by atomic mass is 10.0. The third-order valence-electron chi connectivity index (χ3n) is 7.09. The third-order valence-corrected chi connectivity index (χ3v) is 7.09. The van der Waals surface area contributed by atoms with Crippen molar-refractivity contribution in [3.63, 3.8) is 0 Å². The highest BCUT2D eigenvalue weighted by Crippen LogP contribution is 2.26. The zero-order valence-electron chi connectivity index (χ0n) is 26.6. The van der Waals surface area contributed by atoms with Gasteiger partial charge < -0.3 is 19.1 Å². The summed E-state index contributed by atoms with van der Waals surface area (Å²) in [6, 6.07) is 19.8. The number of methoxy groups -OCH3 is 3. The Morgan fingerprint density at radius 3 is 1.43 bits per heavy atom. The molecule has 0 spiro atoms. The van der Waals surface area contributed by atoms with Crippen LogP contribution in [0.1, 0.15) is 45.4 Å². The van der Waals surface area contributed by atoms with Crippen LogP contribution < -0.4 is 14.7 Å². The minimum absolute atomic E-state index is 0.194. The lowest BCUT2D eigenvalue weighted by Gasteiger charge is -2.31. The van der Waals surface area contributed by atoms with Crippen LogP contribution in [0.25, 0.3) is 22.8 Å². The minimum Gasteiger partial charge on any atom is -0.364 e. The van der Waals surface area contributed by atoms with E-state index >= 15 is 0 Å². The van der Waals surface area contributed by atoms with Gasteiger partial charge in [-0.1, -0.05) is 74.5 Å². The Balaban J connectivity index is 1.80. The molecule has 2 heterocycles. The number of rotatable bonds is 17. The van der Waals surface area contributed by atoms with Crippen molar-refractivity contribution in [2.24, 2.45) is 0 Å². The standard InChI is InChI=1S/C32H43N9O3/c1-7-24(8-2)27-33-28(25-16-12-10-13-17-25)35-30(34-27)40(22-43-5)20-41(23-44-6)32-37-29(26-18-14-11-15-19-26)36-31(38-32)39(9-3)21-42-4/h10-19,24H,7-9,20-23H2,1-6H3. The second kappa shape index (κ2) is 16.6. The highest BCUT2D eigenvalue weighted by atomic mass is 16.5. The van der Waals surface area contributed by atoms with Gasteiger partial charge >= 0.3 is 0 Å². The van der Waals surface area contributed by atoms with Gasteiger partial charge in [0.1, 0.15) is 32.7 Å². The van der Waals surface area contributed by atoms with Crippen molar-refractivity contribution < 1.29 is 14.2 Å². The molecule has 0 amide bonds. The van der Waals surface area contributed by atoms with Crippen LogP contribution in [0.5, 0.6) is 0 Å². The van der Waals surface area contributed by atoms with E-state index in [0.29, 0.717) is 42.8 Å². The minimum atomic E-state index is 0.194. The largest absolute Gasteiger partial charge is 0.364 e. The van der Waals surface area contributed by atoms with Gasteiger partial charge in [0.25, 0.3) is 0 Å². The zero-order chi connectivity index (χ0) is 31.3. The SMILES string of the molecule is CCC(CC)c1nc(-c2ccccc2)nc(N(COC)CN(COC)c2nc(-c3ccccc3)nc(N(CC)COC)n2)n1. The Kier molecular flexibility index (Phi) is 12.3.